The normalized spacial score (nSPS) is 59.3. The number of halogens is 2. The molecule has 74 valence electrons. The summed E-state index contributed by atoms with van der Waals surface area (Å²) in [5.41, 5.74) is 0.748. The molecule has 3 fully saturated rings. The Morgan fingerprint density at radius 1 is 1.08 bits per heavy atom. The van der Waals surface area contributed by atoms with Crippen LogP contribution in [0.2, 0.25) is 0 Å². The molecule has 0 bridgehead atoms. The lowest BCUT2D eigenvalue weighted by molar-refractivity contribution is 0.329. The van der Waals surface area contributed by atoms with Crippen LogP contribution in [0.1, 0.15) is 33.6 Å². The Hall–Kier alpha value is 0.580. The lowest BCUT2D eigenvalue weighted by Crippen LogP contribution is -2.12. The fourth-order valence-corrected chi connectivity index (χ4v) is 5.42. The summed E-state index contributed by atoms with van der Waals surface area (Å²) in [5.74, 6) is 2.26. The van der Waals surface area contributed by atoms with E-state index in [0.717, 1.165) is 11.8 Å². The van der Waals surface area contributed by atoms with Crippen molar-refractivity contribution in [3.05, 3.63) is 0 Å². The average molecular weight is 219 g/mol. The van der Waals surface area contributed by atoms with Crippen molar-refractivity contribution in [2.45, 2.75) is 37.9 Å². The fraction of sp³-hybridized carbons (Fsp3) is 1.00. The monoisotopic (exact) mass is 218 g/mol. The minimum absolute atomic E-state index is 0.239. The lowest BCUT2D eigenvalue weighted by atomic mass is 9.89. The lowest BCUT2D eigenvalue weighted by Gasteiger charge is -2.16. The molecule has 13 heavy (non-hydrogen) atoms. The summed E-state index contributed by atoms with van der Waals surface area (Å²) in [4.78, 5) is 0. The summed E-state index contributed by atoms with van der Waals surface area (Å²) in [6.07, 6.45) is 2.59. The number of rotatable bonds is 0. The van der Waals surface area contributed by atoms with E-state index < -0.39 is 4.33 Å². The summed E-state index contributed by atoms with van der Waals surface area (Å²) < 4.78 is -0.403. The second-order valence-corrected chi connectivity index (χ2v) is 7.33. The Morgan fingerprint density at radius 2 is 1.69 bits per heavy atom. The van der Waals surface area contributed by atoms with Crippen LogP contribution in [-0.2, 0) is 0 Å². The van der Waals surface area contributed by atoms with E-state index in [0.29, 0.717) is 11.3 Å². The highest BCUT2D eigenvalue weighted by molar-refractivity contribution is 6.52. The Bertz CT molecular complexity index is 282. The van der Waals surface area contributed by atoms with Crippen LogP contribution < -0.4 is 0 Å². The smallest absolute Gasteiger partial charge is 0.101 e. The highest BCUT2D eigenvalue weighted by Crippen LogP contribution is 2.87. The summed E-state index contributed by atoms with van der Waals surface area (Å²) in [7, 11) is 0. The highest BCUT2D eigenvalue weighted by Gasteiger charge is 2.85. The van der Waals surface area contributed by atoms with Crippen molar-refractivity contribution < 1.29 is 0 Å². The predicted molar refractivity (Wildman–Crippen MR) is 56.0 cm³/mol. The van der Waals surface area contributed by atoms with Gasteiger partial charge in [0.05, 0.1) is 0 Å². The van der Waals surface area contributed by atoms with Gasteiger partial charge in [-0.1, -0.05) is 20.8 Å². The molecule has 0 radical (unpaired) electrons. The van der Waals surface area contributed by atoms with Gasteiger partial charge in [-0.05, 0) is 30.1 Å². The molecule has 0 nitrogen and oxygen atoms in total. The van der Waals surface area contributed by atoms with Crippen molar-refractivity contribution in [1.29, 1.82) is 0 Å². The minimum atomic E-state index is -0.403. The number of fused-ring (bicyclic) bond motifs is 3. The van der Waals surface area contributed by atoms with Gasteiger partial charge in [-0.25, -0.2) is 0 Å². The van der Waals surface area contributed by atoms with Crippen molar-refractivity contribution in [3.63, 3.8) is 0 Å². The third-order valence-electron chi connectivity index (χ3n) is 5.26. The van der Waals surface area contributed by atoms with Gasteiger partial charge >= 0.3 is 0 Å². The van der Waals surface area contributed by atoms with Gasteiger partial charge in [0.1, 0.15) is 4.33 Å². The van der Waals surface area contributed by atoms with Crippen LogP contribution in [0.15, 0.2) is 0 Å². The van der Waals surface area contributed by atoms with E-state index in [9.17, 15) is 0 Å². The summed E-state index contributed by atoms with van der Waals surface area (Å²) in [5, 5.41) is 0. The van der Waals surface area contributed by atoms with Crippen LogP contribution >= 0.6 is 23.2 Å². The van der Waals surface area contributed by atoms with Crippen molar-refractivity contribution in [1.82, 2.24) is 0 Å². The highest BCUT2D eigenvalue weighted by atomic mass is 35.5. The Balaban J connectivity index is 1.99. The molecule has 0 aliphatic heterocycles. The summed E-state index contributed by atoms with van der Waals surface area (Å²) >= 11 is 12.7. The Morgan fingerprint density at radius 3 is 2.23 bits per heavy atom. The first kappa shape index (κ1) is 8.85. The van der Waals surface area contributed by atoms with Gasteiger partial charge in [0.2, 0.25) is 0 Å². The van der Waals surface area contributed by atoms with E-state index in [-0.39, 0.29) is 5.41 Å². The van der Waals surface area contributed by atoms with Gasteiger partial charge < -0.3 is 0 Å². The third kappa shape index (κ3) is 0.709. The molecule has 2 heteroatoms. The van der Waals surface area contributed by atoms with Crippen LogP contribution in [0.5, 0.6) is 0 Å². The van der Waals surface area contributed by atoms with E-state index in [1.165, 1.54) is 12.8 Å². The molecule has 4 unspecified atom stereocenters. The summed E-state index contributed by atoms with van der Waals surface area (Å²) in [6, 6.07) is 0. The van der Waals surface area contributed by atoms with E-state index in [1.807, 2.05) is 0 Å². The maximum Gasteiger partial charge on any atom is 0.127 e. The molecule has 3 rings (SSSR count). The van der Waals surface area contributed by atoms with Gasteiger partial charge in [0.15, 0.2) is 0 Å². The molecule has 3 saturated carbocycles. The molecular weight excluding hydrogens is 203 g/mol. The van der Waals surface area contributed by atoms with E-state index in [4.69, 9.17) is 23.2 Å². The molecule has 0 aromatic heterocycles. The van der Waals surface area contributed by atoms with Crippen molar-refractivity contribution in [2.75, 3.05) is 0 Å². The quantitative estimate of drug-likeness (QED) is 0.542. The molecule has 3 aliphatic carbocycles. The molecular formula is C11H16Cl2. The SMILES string of the molecule is CC1(C)C2CCC3C(Cl)(Cl)C3(C)C21. The van der Waals surface area contributed by atoms with E-state index >= 15 is 0 Å². The van der Waals surface area contributed by atoms with E-state index in [1.54, 1.807) is 0 Å². The number of alkyl halides is 2. The largest absolute Gasteiger partial charge is 0.127 e. The molecule has 0 aromatic carbocycles. The van der Waals surface area contributed by atoms with Gasteiger partial charge in [0.25, 0.3) is 0 Å². The Labute approximate surface area is 90.0 Å². The third-order valence-corrected chi connectivity index (χ3v) is 6.60. The van der Waals surface area contributed by atoms with Gasteiger partial charge in [-0.2, -0.15) is 0 Å². The van der Waals surface area contributed by atoms with Crippen LogP contribution in [0.4, 0.5) is 0 Å². The fourth-order valence-electron chi connectivity index (χ4n) is 4.36. The van der Waals surface area contributed by atoms with Crippen LogP contribution in [-0.4, -0.2) is 4.33 Å². The second-order valence-electron chi connectivity index (χ2n) is 5.94. The van der Waals surface area contributed by atoms with Crippen LogP contribution in [0, 0.1) is 28.6 Å². The van der Waals surface area contributed by atoms with Gasteiger partial charge in [-0.3, -0.25) is 0 Å². The van der Waals surface area contributed by atoms with Gasteiger partial charge in [-0.15, -0.1) is 23.2 Å². The maximum atomic E-state index is 6.37. The molecule has 3 aliphatic rings. The molecule has 0 spiro atoms. The first-order valence-corrected chi connectivity index (χ1v) is 5.98. The average Bonchev–Trinajstić information content (AvgIpc) is 2.69. The Kier molecular flexibility index (Phi) is 1.31. The zero-order valence-corrected chi connectivity index (χ0v) is 9.91. The number of hydrogen-bond acceptors (Lipinski definition) is 0. The zero-order valence-electron chi connectivity index (χ0n) is 8.40. The maximum absolute atomic E-state index is 6.37. The molecule has 4 atom stereocenters. The van der Waals surface area contributed by atoms with E-state index in [2.05, 4.69) is 20.8 Å². The van der Waals surface area contributed by atoms with Crippen molar-refractivity contribution in [3.8, 4) is 0 Å². The predicted octanol–water partition coefficient (Wildman–Crippen LogP) is 3.86. The molecule has 0 amide bonds. The molecule has 0 heterocycles. The van der Waals surface area contributed by atoms with Gasteiger partial charge in [0, 0.05) is 11.3 Å². The standard InChI is InChI=1S/C11H16Cl2/c1-9(2)6-4-5-7-10(3,8(6)9)11(7,12)13/h6-8H,4-5H2,1-3H3. The molecule has 0 saturated heterocycles. The topological polar surface area (TPSA) is 0 Å². The van der Waals surface area contributed by atoms with Crippen molar-refractivity contribution >= 4 is 23.2 Å². The first-order chi connectivity index (χ1) is 5.84. The molecule has 0 N–H and O–H groups in total. The van der Waals surface area contributed by atoms with Crippen LogP contribution in [0.3, 0.4) is 0 Å². The first-order valence-electron chi connectivity index (χ1n) is 5.22. The second kappa shape index (κ2) is 1.93. The summed E-state index contributed by atoms with van der Waals surface area (Å²) in [6.45, 7) is 7.04. The minimum Gasteiger partial charge on any atom is -0.101 e. The zero-order chi connectivity index (χ0) is 9.65. The van der Waals surface area contributed by atoms with Crippen LogP contribution in [0.25, 0.3) is 0 Å². The number of hydrogen-bond donors (Lipinski definition) is 0. The van der Waals surface area contributed by atoms with Crippen molar-refractivity contribution in [2.24, 2.45) is 28.6 Å². The molecule has 0 aromatic rings.